The summed E-state index contributed by atoms with van der Waals surface area (Å²) in [6.45, 7) is 4.96. The molecule has 15 heteroatoms. The highest BCUT2D eigenvalue weighted by molar-refractivity contribution is 8.13. The van der Waals surface area contributed by atoms with Crippen LogP contribution < -0.4 is 10.6 Å². The van der Waals surface area contributed by atoms with Gasteiger partial charge in [0.2, 0.25) is 11.8 Å². The summed E-state index contributed by atoms with van der Waals surface area (Å²) in [5.74, 6) is -3.25. The van der Waals surface area contributed by atoms with Gasteiger partial charge in [-0.05, 0) is 6.92 Å². The lowest BCUT2D eigenvalue weighted by atomic mass is 9.87. The van der Waals surface area contributed by atoms with E-state index in [-0.39, 0.29) is 50.6 Å². The lowest BCUT2D eigenvalue weighted by molar-refractivity contribution is -0.142. The van der Waals surface area contributed by atoms with Crippen LogP contribution in [-0.4, -0.2) is 80.2 Å². The molecule has 0 saturated carbocycles. The Morgan fingerprint density at radius 3 is 2.35 bits per heavy atom. The standard InChI is InChI=1S/C22H35N2O11PS/c1-14(16(26)12-15(25)6-7-18(28)32-4)21(30)37-11-10-23-17(27)8-9-24-20(29)19-22(2,3)13-34-36(31,33-5)35-19/h14,19H,6-13H2,1-5H3,(H,23,27)(H,24,29)/t14?,19-,36?/m0/s1. The summed E-state index contributed by atoms with van der Waals surface area (Å²) >= 11 is 0.857. The van der Waals surface area contributed by atoms with Crippen molar-refractivity contribution in [3.8, 4) is 0 Å². The van der Waals surface area contributed by atoms with Gasteiger partial charge in [-0.15, -0.1) is 0 Å². The zero-order chi connectivity index (χ0) is 28.2. The average Bonchev–Trinajstić information content (AvgIpc) is 2.85. The normalized spacial score (nSPS) is 21.4. The van der Waals surface area contributed by atoms with Crippen LogP contribution in [0, 0.1) is 11.3 Å². The van der Waals surface area contributed by atoms with Crippen LogP contribution in [0.15, 0.2) is 0 Å². The second-order valence-corrected chi connectivity index (χ2v) is 11.7. The Bertz CT molecular complexity index is 924. The molecular weight excluding hydrogens is 531 g/mol. The summed E-state index contributed by atoms with van der Waals surface area (Å²) in [4.78, 5) is 71.7. The largest absolute Gasteiger partial charge is 0.475 e. The molecule has 1 fully saturated rings. The van der Waals surface area contributed by atoms with Gasteiger partial charge in [-0.2, -0.15) is 0 Å². The number of nitrogens with one attached hydrogen (secondary N) is 2. The number of rotatable bonds is 15. The van der Waals surface area contributed by atoms with Crippen LogP contribution in [0.3, 0.4) is 0 Å². The Morgan fingerprint density at radius 1 is 1.05 bits per heavy atom. The molecule has 13 nitrogen and oxygen atoms in total. The van der Waals surface area contributed by atoms with Crippen molar-refractivity contribution in [1.82, 2.24) is 10.6 Å². The lowest BCUT2D eigenvalue weighted by Crippen LogP contribution is -2.50. The lowest BCUT2D eigenvalue weighted by Gasteiger charge is -2.39. The Hall–Kier alpha value is -2.12. The number of esters is 1. The minimum Gasteiger partial charge on any atom is -0.469 e. The summed E-state index contributed by atoms with van der Waals surface area (Å²) < 4.78 is 31.7. The third kappa shape index (κ3) is 11.4. The molecule has 0 spiro atoms. The van der Waals surface area contributed by atoms with Gasteiger partial charge in [0.1, 0.15) is 5.78 Å². The maximum absolute atomic E-state index is 12.5. The van der Waals surface area contributed by atoms with E-state index in [0.717, 1.165) is 18.9 Å². The van der Waals surface area contributed by atoms with Crippen molar-refractivity contribution in [3.63, 3.8) is 0 Å². The van der Waals surface area contributed by atoms with Crippen molar-refractivity contribution in [1.29, 1.82) is 0 Å². The van der Waals surface area contributed by atoms with Crippen molar-refractivity contribution < 1.29 is 51.6 Å². The number of thioether (sulfide) groups is 1. The number of Topliss-reactive ketones (excluding diaryl/α,β-unsaturated/α-hetero) is 2. The number of phosphoric ester groups is 1. The molecule has 1 aliphatic heterocycles. The maximum atomic E-state index is 12.5. The fourth-order valence-corrected chi connectivity index (χ4v) is 5.15. The van der Waals surface area contributed by atoms with E-state index in [9.17, 15) is 33.3 Å². The van der Waals surface area contributed by atoms with Gasteiger partial charge in [-0.1, -0.05) is 25.6 Å². The van der Waals surface area contributed by atoms with Crippen LogP contribution >= 0.6 is 19.6 Å². The quantitative estimate of drug-likeness (QED) is 0.125. The van der Waals surface area contributed by atoms with E-state index in [0.29, 0.717) is 0 Å². The molecule has 0 aliphatic carbocycles. The summed E-state index contributed by atoms with van der Waals surface area (Å²) in [6.07, 6.45) is -1.83. The molecule has 1 saturated heterocycles. The molecular formula is C22H35N2O11PS. The molecule has 2 N–H and O–H groups in total. The van der Waals surface area contributed by atoms with E-state index in [1.165, 1.54) is 14.0 Å². The van der Waals surface area contributed by atoms with E-state index in [2.05, 4.69) is 15.4 Å². The van der Waals surface area contributed by atoms with Crippen molar-refractivity contribution in [2.45, 2.75) is 52.6 Å². The zero-order valence-corrected chi connectivity index (χ0v) is 23.4. The van der Waals surface area contributed by atoms with Gasteiger partial charge in [0, 0.05) is 44.2 Å². The number of carbonyl (C=O) groups is 6. The second kappa shape index (κ2) is 15.3. The number of hydrogen-bond acceptors (Lipinski definition) is 12. The molecule has 2 unspecified atom stereocenters. The average molecular weight is 567 g/mol. The van der Waals surface area contributed by atoms with E-state index in [4.69, 9.17) is 13.6 Å². The molecule has 1 rings (SSSR count). The maximum Gasteiger partial charge on any atom is 0.475 e. The number of ketones is 2. The van der Waals surface area contributed by atoms with Crippen LogP contribution in [0.2, 0.25) is 0 Å². The number of methoxy groups -OCH3 is 1. The van der Waals surface area contributed by atoms with Crippen molar-refractivity contribution in [2.24, 2.45) is 11.3 Å². The molecule has 210 valence electrons. The van der Waals surface area contributed by atoms with E-state index >= 15 is 0 Å². The van der Waals surface area contributed by atoms with Gasteiger partial charge in [0.15, 0.2) is 17.0 Å². The molecule has 0 aromatic rings. The molecule has 37 heavy (non-hydrogen) atoms. The highest BCUT2D eigenvalue weighted by Gasteiger charge is 2.48. The Balaban J connectivity index is 2.29. The summed E-state index contributed by atoms with van der Waals surface area (Å²) in [5.41, 5.74) is -0.766. The monoisotopic (exact) mass is 566 g/mol. The van der Waals surface area contributed by atoms with Crippen molar-refractivity contribution in [2.75, 3.05) is 39.7 Å². The molecule has 3 atom stereocenters. The number of amides is 2. The SMILES string of the molecule is COC(=O)CCC(=O)CC(=O)C(C)C(=O)SCCNC(=O)CCNC(=O)[C@@H]1OP(=O)(OC)OCC1(C)C. The van der Waals surface area contributed by atoms with Gasteiger partial charge in [-0.3, -0.25) is 42.3 Å². The number of carbonyl (C=O) groups excluding carboxylic acids is 6. The first-order valence-electron chi connectivity index (χ1n) is 11.6. The van der Waals surface area contributed by atoms with E-state index in [1.807, 2.05) is 0 Å². The first kappa shape index (κ1) is 32.9. The minimum atomic E-state index is -3.82. The molecule has 2 amide bonds. The highest BCUT2D eigenvalue weighted by Crippen LogP contribution is 2.56. The number of ether oxygens (including phenoxy) is 1. The first-order valence-corrected chi connectivity index (χ1v) is 14.0. The predicted octanol–water partition coefficient (Wildman–Crippen LogP) is 1.18. The first-order chi connectivity index (χ1) is 17.2. The van der Waals surface area contributed by atoms with Gasteiger partial charge in [-0.25, -0.2) is 4.57 Å². The van der Waals surface area contributed by atoms with Crippen LogP contribution in [0.5, 0.6) is 0 Å². The number of phosphoric acid groups is 1. The molecule has 1 heterocycles. The molecule has 0 radical (unpaired) electrons. The third-order valence-electron chi connectivity index (χ3n) is 5.36. The Kier molecular flexibility index (Phi) is 13.6. The molecule has 0 bridgehead atoms. The second-order valence-electron chi connectivity index (χ2n) is 8.92. The summed E-state index contributed by atoms with van der Waals surface area (Å²) in [6, 6.07) is 0. The van der Waals surface area contributed by atoms with Crippen LogP contribution in [0.1, 0.15) is 46.5 Å². The van der Waals surface area contributed by atoms with Crippen LogP contribution in [0.25, 0.3) is 0 Å². The van der Waals surface area contributed by atoms with Crippen LogP contribution in [-0.2, 0) is 51.6 Å². The highest BCUT2D eigenvalue weighted by atomic mass is 32.2. The topological polar surface area (TPSA) is 180 Å². The van der Waals surface area contributed by atoms with Gasteiger partial charge in [0.25, 0.3) is 0 Å². The number of hydrogen-bond donors (Lipinski definition) is 2. The van der Waals surface area contributed by atoms with Gasteiger partial charge in [0.05, 0.1) is 32.5 Å². The summed E-state index contributed by atoms with van der Waals surface area (Å²) in [5, 5.41) is 4.73. The molecule has 0 aromatic carbocycles. The third-order valence-corrected chi connectivity index (χ3v) is 7.77. The fraction of sp³-hybridized carbons (Fsp3) is 0.727. The van der Waals surface area contributed by atoms with Gasteiger partial charge >= 0.3 is 13.8 Å². The smallest absolute Gasteiger partial charge is 0.469 e. The van der Waals surface area contributed by atoms with Crippen molar-refractivity contribution >= 4 is 54.1 Å². The Morgan fingerprint density at radius 2 is 1.73 bits per heavy atom. The van der Waals surface area contributed by atoms with E-state index < -0.39 is 60.2 Å². The molecule has 0 aromatic heterocycles. The summed E-state index contributed by atoms with van der Waals surface area (Å²) in [7, 11) is -1.47. The van der Waals surface area contributed by atoms with Gasteiger partial charge < -0.3 is 15.4 Å². The van der Waals surface area contributed by atoms with Crippen molar-refractivity contribution in [3.05, 3.63) is 0 Å². The predicted molar refractivity (Wildman–Crippen MR) is 132 cm³/mol. The van der Waals surface area contributed by atoms with Crippen LogP contribution in [0.4, 0.5) is 0 Å². The Labute approximate surface area is 220 Å². The van der Waals surface area contributed by atoms with E-state index in [1.54, 1.807) is 13.8 Å². The molecule has 1 aliphatic rings. The fourth-order valence-electron chi connectivity index (χ4n) is 2.98. The minimum absolute atomic E-state index is 0.000361. The zero-order valence-electron chi connectivity index (χ0n) is 21.7.